The molecule has 1 saturated carbocycles. The molecular formula is C18H32N2S. The van der Waals surface area contributed by atoms with Gasteiger partial charge in [-0.2, -0.15) is 0 Å². The van der Waals surface area contributed by atoms with Crippen LogP contribution in [0.25, 0.3) is 0 Å². The zero-order valence-electron chi connectivity index (χ0n) is 14.4. The molecule has 1 N–H and O–H groups in total. The van der Waals surface area contributed by atoms with Crippen molar-refractivity contribution in [3.8, 4) is 0 Å². The second-order valence-electron chi connectivity index (χ2n) is 8.14. The molecule has 0 bridgehead atoms. The fourth-order valence-electron chi connectivity index (χ4n) is 3.53. The maximum absolute atomic E-state index is 4.25. The Morgan fingerprint density at radius 2 is 2.05 bits per heavy atom. The molecule has 0 aromatic carbocycles. The number of hydrogen-bond acceptors (Lipinski definition) is 3. The summed E-state index contributed by atoms with van der Waals surface area (Å²) in [5, 5.41) is 3.73. The Bertz CT molecular complexity index is 405. The maximum Gasteiger partial charge on any atom is 0.0794 e. The van der Waals surface area contributed by atoms with Crippen molar-refractivity contribution in [2.24, 2.45) is 23.7 Å². The molecule has 2 rings (SSSR count). The summed E-state index contributed by atoms with van der Waals surface area (Å²) >= 11 is 1.82. The van der Waals surface area contributed by atoms with Gasteiger partial charge < -0.3 is 5.32 Å². The lowest BCUT2D eigenvalue weighted by molar-refractivity contribution is 0.139. The van der Waals surface area contributed by atoms with Gasteiger partial charge in [-0.1, -0.05) is 13.8 Å². The summed E-state index contributed by atoms with van der Waals surface area (Å²) < 4.78 is 0. The molecule has 1 aliphatic rings. The first-order chi connectivity index (χ1) is 9.85. The molecule has 3 heteroatoms. The van der Waals surface area contributed by atoms with Crippen LogP contribution >= 0.6 is 11.3 Å². The molecule has 120 valence electrons. The van der Waals surface area contributed by atoms with Crippen molar-refractivity contribution in [2.75, 3.05) is 6.54 Å². The van der Waals surface area contributed by atoms with Gasteiger partial charge in [-0.3, -0.25) is 4.98 Å². The standard InChI is InChI=1S/C18H32N2S/c1-13(2)14-6-7-15(10-20-18(3,4)5)16(8-14)9-17-11-19-12-21-17/h11-16,20H,6-10H2,1-5H3. The first-order valence-electron chi connectivity index (χ1n) is 8.47. The van der Waals surface area contributed by atoms with E-state index in [2.05, 4.69) is 51.1 Å². The van der Waals surface area contributed by atoms with E-state index in [4.69, 9.17) is 0 Å². The quantitative estimate of drug-likeness (QED) is 0.848. The minimum atomic E-state index is 0.226. The Hall–Kier alpha value is -0.410. The van der Waals surface area contributed by atoms with E-state index in [0.29, 0.717) is 0 Å². The summed E-state index contributed by atoms with van der Waals surface area (Å²) in [7, 11) is 0. The zero-order valence-corrected chi connectivity index (χ0v) is 15.2. The summed E-state index contributed by atoms with van der Waals surface area (Å²) in [6.45, 7) is 12.8. The Morgan fingerprint density at radius 3 is 2.62 bits per heavy atom. The van der Waals surface area contributed by atoms with Crippen molar-refractivity contribution >= 4 is 11.3 Å². The highest BCUT2D eigenvalue weighted by molar-refractivity contribution is 7.09. The highest BCUT2D eigenvalue weighted by Gasteiger charge is 2.32. The predicted molar refractivity (Wildman–Crippen MR) is 92.7 cm³/mol. The zero-order chi connectivity index (χ0) is 15.5. The number of aromatic nitrogens is 1. The largest absolute Gasteiger partial charge is 0.312 e. The normalized spacial score (nSPS) is 27.2. The summed E-state index contributed by atoms with van der Waals surface area (Å²) in [6, 6.07) is 0. The molecule has 1 aromatic rings. The van der Waals surface area contributed by atoms with Gasteiger partial charge in [0.2, 0.25) is 0 Å². The molecule has 1 heterocycles. The maximum atomic E-state index is 4.25. The van der Waals surface area contributed by atoms with Crippen LogP contribution in [-0.2, 0) is 6.42 Å². The number of nitrogens with one attached hydrogen (secondary N) is 1. The van der Waals surface area contributed by atoms with Gasteiger partial charge >= 0.3 is 0 Å². The average molecular weight is 309 g/mol. The van der Waals surface area contributed by atoms with E-state index in [-0.39, 0.29) is 5.54 Å². The molecular weight excluding hydrogens is 276 g/mol. The second-order valence-corrected chi connectivity index (χ2v) is 9.11. The fraction of sp³-hybridized carbons (Fsp3) is 0.833. The van der Waals surface area contributed by atoms with E-state index >= 15 is 0 Å². The van der Waals surface area contributed by atoms with Crippen molar-refractivity contribution in [2.45, 2.75) is 65.8 Å². The van der Waals surface area contributed by atoms with E-state index in [9.17, 15) is 0 Å². The van der Waals surface area contributed by atoms with E-state index in [1.165, 1.54) is 30.6 Å². The smallest absolute Gasteiger partial charge is 0.0794 e. The van der Waals surface area contributed by atoms with Crippen LogP contribution in [0, 0.1) is 23.7 Å². The first-order valence-corrected chi connectivity index (χ1v) is 9.35. The Labute approximate surface area is 134 Å². The first kappa shape index (κ1) is 17.0. The van der Waals surface area contributed by atoms with E-state index in [1.54, 1.807) is 0 Å². The minimum Gasteiger partial charge on any atom is -0.312 e. The summed E-state index contributed by atoms with van der Waals surface area (Å²) in [6.07, 6.45) is 7.48. The van der Waals surface area contributed by atoms with Gasteiger partial charge in [-0.25, -0.2) is 0 Å². The van der Waals surface area contributed by atoms with Crippen LogP contribution in [-0.4, -0.2) is 17.1 Å². The Morgan fingerprint density at radius 1 is 1.29 bits per heavy atom. The lowest BCUT2D eigenvalue weighted by atomic mass is 9.69. The molecule has 0 amide bonds. The third kappa shape index (κ3) is 5.37. The van der Waals surface area contributed by atoms with Crippen molar-refractivity contribution in [1.29, 1.82) is 0 Å². The fourth-order valence-corrected chi connectivity index (χ4v) is 4.22. The molecule has 1 fully saturated rings. The number of hydrogen-bond donors (Lipinski definition) is 1. The molecule has 0 spiro atoms. The van der Waals surface area contributed by atoms with Crippen molar-refractivity contribution in [1.82, 2.24) is 10.3 Å². The lowest BCUT2D eigenvalue weighted by Gasteiger charge is -2.39. The molecule has 0 aliphatic heterocycles. The monoisotopic (exact) mass is 308 g/mol. The molecule has 21 heavy (non-hydrogen) atoms. The second kappa shape index (κ2) is 7.23. The minimum absolute atomic E-state index is 0.226. The third-order valence-corrected chi connectivity index (χ3v) is 5.77. The van der Waals surface area contributed by atoms with Gasteiger partial charge in [0.15, 0.2) is 0 Å². The van der Waals surface area contributed by atoms with Crippen LogP contribution in [0.15, 0.2) is 11.7 Å². The summed E-state index contributed by atoms with van der Waals surface area (Å²) in [4.78, 5) is 5.72. The van der Waals surface area contributed by atoms with E-state index in [1.807, 2.05) is 16.8 Å². The molecule has 2 nitrogen and oxygen atoms in total. The summed E-state index contributed by atoms with van der Waals surface area (Å²) in [5.74, 6) is 3.38. The van der Waals surface area contributed by atoms with Crippen LogP contribution in [0.1, 0.15) is 58.8 Å². The van der Waals surface area contributed by atoms with E-state index < -0.39 is 0 Å². The molecule has 3 atom stereocenters. The van der Waals surface area contributed by atoms with Gasteiger partial charge in [0.05, 0.1) is 5.51 Å². The molecule has 1 aliphatic carbocycles. The number of nitrogens with zero attached hydrogens (tertiary/aromatic N) is 1. The van der Waals surface area contributed by atoms with Crippen LogP contribution in [0.4, 0.5) is 0 Å². The average Bonchev–Trinajstić information content (AvgIpc) is 2.89. The lowest BCUT2D eigenvalue weighted by Crippen LogP contribution is -2.43. The van der Waals surface area contributed by atoms with Gasteiger partial charge in [0.25, 0.3) is 0 Å². The topological polar surface area (TPSA) is 24.9 Å². The highest BCUT2D eigenvalue weighted by Crippen LogP contribution is 2.39. The van der Waals surface area contributed by atoms with Crippen LogP contribution in [0.2, 0.25) is 0 Å². The van der Waals surface area contributed by atoms with E-state index in [0.717, 1.165) is 30.2 Å². The van der Waals surface area contributed by atoms with Gasteiger partial charge in [0.1, 0.15) is 0 Å². The molecule has 3 unspecified atom stereocenters. The SMILES string of the molecule is CC(C)C1CCC(CNC(C)(C)C)C(Cc2cncs2)C1. The van der Waals surface area contributed by atoms with Gasteiger partial charge in [-0.05, 0) is 76.7 Å². The van der Waals surface area contributed by atoms with Crippen LogP contribution in [0.3, 0.4) is 0 Å². The van der Waals surface area contributed by atoms with Crippen molar-refractivity contribution in [3.05, 3.63) is 16.6 Å². The van der Waals surface area contributed by atoms with Gasteiger partial charge in [0, 0.05) is 16.6 Å². The molecule has 0 saturated heterocycles. The number of rotatable bonds is 5. The van der Waals surface area contributed by atoms with Crippen LogP contribution in [0.5, 0.6) is 0 Å². The molecule has 1 aromatic heterocycles. The Kier molecular flexibility index (Phi) is 5.84. The summed E-state index contributed by atoms with van der Waals surface area (Å²) in [5.41, 5.74) is 2.20. The van der Waals surface area contributed by atoms with Gasteiger partial charge in [-0.15, -0.1) is 11.3 Å². The Balaban J connectivity index is 1.99. The third-order valence-electron chi connectivity index (χ3n) is 4.96. The van der Waals surface area contributed by atoms with Crippen molar-refractivity contribution in [3.63, 3.8) is 0 Å². The highest BCUT2D eigenvalue weighted by atomic mass is 32.1. The van der Waals surface area contributed by atoms with Crippen LogP contribution < -0.4 is 5.32 Å². The van der Waals surface area contributed by atoms with Crippen molar-refractivity contribution < 1.29 is 0 Å². The predicted octanol–water partition coefficient (Wildman–Crippen LogP) is 4.76. The molecule has 0 radical (unpaired) electrons. The number of thiazole rings is 1.